The molecule has 0 bridgehead atoms. The molecule has 0 fully saturated rings. The lowest BCUT2D eigenvalue weighted by atomic mass is 10.1. The zero-order chi connectivity index (χ0) is 12.4. The third kappa shape index (κ3) is 2.31. The van der Waals surface area contributed by atoms with Crippen molar-refractivity contribution < 1.29 is 4.79 Å². The van der Waals surface area contributed by atoms with Crippen molar-refractivity contribution >= 4 is 27.9 Å². The molecule has 0 unspecified atom stereocenters. The number of hydrogen-bond acceptors (Lipinski definition) is 3. The number of thiophene rings is 1. The monoisotopic (exact) mass is 246 g/mol. The van der Waals surface area contributed by atoms with Crippen molar-refractivity contribution in [3.8, 4) is 0 Å². The minimum Gasteiger partial charge on any atom is -0.390 e. The van der Waals surface area contributed by atoms with Gasteiger partial charge in [0.15, 0.2) is 0 Å². The number of amides is 1. The van der Waals surface area contributed by atoms with E-state index in [0.29, 0.717) is 10.6 Å². The highest BCUT2D eigenvalue weighted by Crippen LogP contribution is 2.30. The highest BCUT2D eigenvalue weighted by Gasteiger charge is 2.17. The summed E-state index contributed by atoms with van der Waals surface area (Å²) in [6.45, 7) is 3.89. The Balaban J connectivity index is 2.27. The van der Waals surface area contributed by atoms with E-state index >= 15 is 0 Å². The third-order valence-electron chi connectivity index (χ3n) is 2.67. The Labute approximate surface area is 104 Å². The number of nitrogen functional groups attached to an aromatic ring is 1. The van der Waals surface area contributed by atoms with E-state index in [2.05, 4.69) is 5.32 Å². The fourth-order valence-electron chi connectivity index (χ4n) is 1.65. The SMILES string of the molecule is Cc1sc(N)c(C(=O)Nc2ccccc2)c1C. The van der Waals surface area contributed by atoms with Gasteiger partial charge in [-0.3, -0.25) is 4.79 Å². The maximum atomic E-state index is 12.1. The first kappa shape index (κ1) is 11.7. The second-order valence-corrected chi connectivity index (χ2v) is 5.10. The molecule has 2 aromatic rings. The Hall–Kier alpha value is -1.81. The van der Waals surface area contributed by atoms with Crippen molar-refractivity contribution in [3.63, 3.8) is 0 Å². The number of carbonyl (C=O) groups is 1. The molecule has 3 nitrogen and oxygen atoms in total. The van der Waals surface area contributed by atoms with E-state index in [1.807, 2.05) is 44.2 Å². The number of nitrogens with two attached hydrogens (primary N) is 1. The molecular formula is C13H14N2OS. The molecule has 0 spiro atoms. The number of rotatable bonds is 2. The van der Waals surface area contributed by atoms with Gasteiger partial charge in [-0.15, -0.1) is 11.3 Å². The average Bonchev–Trinajstić information content (AvgIpc) is 2.54. The van der Waals surface area contributed by atoms with Crippen LogP contribution in [-0.4, -0.2) is 5.91 Å². The molecule has 1 aromatic carbocycles. The summed E-state index contributed by atoms with van der Waals surface area (Å²) in [4.78, 5) is 13.2. The molecule has 88 valence electrons. The van der Waals surface area contributed by atoms with Gasteiger partial charge in [-0.25, -0.2) is 0 Å². The molecule has 4 heteroatoms. The second-order valence-electron chi connectivity index (χ2n) is 3.84. The number of anilines is 2. The number of aryl methyl sites for hydroxylation is 1. The van der Waals surface area contributed by atoms with Crippen LogP contribution in [0.4, 0.5) is 10.7 Å². The van der Waals surface area contributed by atoms with Crippen LogP contribution in [0, 0.1) is 13.8 Å². The highest BCUT2D eigenvalue weighted by atomic mass is 32.1. The topological polar surface area (TPSA) is 55.1 Å². The quantitative estimate of drug-likeness (QED) is 0.855. The van der Waals surface area contributed by atoms with Gasteiger partial charge in [0, 0.05) is 10.6 Å². The van der Waals surface area contributed by atoms with E-state index in [1.165, 1.54) is 11.3 Å². The Morgan fingerprint density at radius 2 is 1.88 bits per heavy atom. The summed E-state index contributed by atoms with van der Waals surface area (Å²) in [5.41, 5.74) is 8.19. The van der Waals surface area contributed by atoms with Crippen LogP contribution >= 0.6 is 11.3 Å². The van der Waals surface area contributed by atoms with Crippen molar-refractivity contribution in [3.05, 3.63) is 46.3 Å². The lowest BCUT2D eigenvalue weighted by Gasteiger charge is -2.05. The zero-order valence-corrected chi connectivity index (χ0v) is 10.6. The molecule has 0 aliphatic carbocycles. The molecule has 17 heavy (non-hydrogen) atoms. The lowest BCUT2D eigenvalue weighted by Crippen LogP contribution is -2.13. The smallest absolute Gasteiger partial charge is 0.258 e. The largest absolute Gasteiger partial charge is 0.390 e. The van der Waals surface area contributed by atoms with Crippen LogP contribution < -0.4 is 11.1 Å². The first-order valence-electron chi connectivity index (χ1n) is 5.31. The summed E-state index contributed by atoms with van der Waals surface area (Å²) in [5.74, 6) is -0.143. The third-order valence-corrected chi connectivity index (χ3v) is 3.71. The van der Waals surface area contributed by atoms with Gasteiger partial charge in [0.1, 0.15) is 0 Å². The van der Waals surface area contributed by atoms with E-state index < -0.39 is 0 Å². The minimum atomic E-state index is -0.143. The fraction of sp³-hybridized carbons (Fsp3) is 0.154. The van der Waals surface area contributed by atoms with Crippen molar-refractivity contribution in [1.29, 1.82) is 0 Å². The summed E-state index contributed by atoms with van der Waals surface area (Å²) in [7, 11) is 0. The summed E-state index contributed by atoms with van der Waals surface area (Å²) >= 11 is 1.45. The van der Waals surface area contributed by atoms with Crippen LogP contribution in [0.25, 0.3) is 0 Å². The zero-order valence-electron chi connectivity index (χ0n) is 9.78. The van der Waals surface area contributed by atoms with Crippen LogP contribution in [0.2, 0.25) is 0 Å². The predicted molar refractivity (Wildman–Crippen MR) is 72.6 cm³/mol. The number of benzene rings is 1. The minimum absolute atomic E-state index is 0.143. The molecule has 0 atom stereocenters. The molecule has 0 aliphatic rings. The molecule has 0 radical (unpaired) electrons. The van der Waals surface area contributed by atoms with Gasteiger partial charge in [0.2, 0.25) is 0 Å². The van der Waals surface area contributed by atoms with Crippen molar-refractivity contribution in [2.24, 2.45) is 0 Å². The molecule has 3 N–H and O–H groups in total. The van der Waals surface area contributed by atoms with Crippen molar-refractivity contribution in [2.45, 2.75) is 13.8 Å². The van der Waals surface area contributed by atoms with Crippen LogP contribution in [0.3, 0.4) is 0 Å². The summed E-state index contributed by atoms with van der Waals surface area (Å²) in [6.07, 6.45) is 0. The predicted octanol–water partition coefficient (Wildman–Crippen LogP) is 3.20. The molecule has 0 saturated carbocycles. The number of hydrogen-bond donors (Lipinski definition) is 2. The maximum Gasteiger partial charge on any atom is 0.258 e. The van der Waals surface area contributed by atoms with E-state index in [9.17, 15) is 4.79 Å². The highest BCUT2D eigenvalue weighted by molar-refractivity contribution is 7.16. The van der Waals surface area contributed by atoms with E-state index in [0.717, 1.165) is 16.1 Å². The van der Waals surface area contributed by atoms with Crippen LogP contribution in [0.1, 0.15) is 20.8 Å². The van der Waals surface area contributed by atoms with Gasteiger partial charge in [0.25, 0.3) is 5.91 Å². The first-order valence-corrected chi connectivity index (χ1v) is 6.13. The Bertz CT molecular complexity index is 546. The van der Waals surface area contributed by atoms with Gasteiger partial charge in [-0.05, 0) is 31.5 Å². The molecule has 2 rings (SSSR count). The number of carbonyl (C=O) groups excluding carboxylic acids is 1. The van der Waals surface area contributed by atoms with Gasteiger partial charge in [-0.2, -0.15) is 0 Å². The van der Waals surface area contributed by atoms with Crippen molar-refractivity contribution in [2.75, 3.05) is 11.1 Å². The van der Waals surface area contributed by atoms with Gasteiger partial charge < -0.3 is 11.1 Å². The van der Waals surface area contributed by atoms with Gasteiger partial charge >= 0.3 is 0 Å². The molecule has 1 aromatic heterocycles. The van der Waals surface area contributed by atoms with E-state index in [-0.39, 0.29) is 5.91 Å². The van der Waals surface area contributed by atoms with E-state index in [1.54, 1.807) is 0 Å². The lowest BCUT2D eigenvalue weighted by molar-refractivity contribution is 0.102. The van der Waals surface area contributed by atoms with Crippen LogP contribution in [-0.2, 0) is 0 Å². The second kappa shape index (κ2) is 4.59. The normalized spacial score (nSPS) is 10.2. The van der Waals surface area contributed by atoms with Gasteiger partial charge in [0.05, 0.1) is 10.6 Å². The fourth-order valence-corrected chi connectivity index (χ4v) is 2.58. The first-order chi connectivity index (χ1) is 8.09. The molecule has 1 heterocycles. The standard InChI is InChI=1S/C13H14N2OS/c1-8-9(2)17-12(14)11(8)13(16)15-10-6-4-3-5-7-10/h3-7H,14H2,1-2H3,(H,15,16). The Kier molecular flexibility index (Phi) is 3.15. The molecule has 0 saturated heterocycles. The summed E-state index contributed by atoms with van der Waals surface area (Å²) in [5, 5.41) is 3.42. The van der Waals surface area contributed by atoms with Gasteiger partial charge in [-0.1, -0.05) is 18.2 Å². The average molecular weight is 246 g/mol. The van der Waals surface area contributed by atoms with Crippen LogP contribution in [0.15, 0.2) is 30.3 Å². The van der Waals surface area contributed by atoms with Crippen LogP contribution in [0.5, 0.6) is 0 Å². The Morgan fingerprint density at radius 3 is 2.41 bits per heavy atom. The number of para-hydroxylation sites is 1. The summed E-state index contributed by atoms with van der Waals surface area (Å²) < 4.78 is 0. The summed E-state index contributed by atoms with van der Waals surface area (Å²) in [6, 6.07) is 9.37. The number of nitrogens with one attached hydrogen (secondary N) is 1. The molecule has 1 amide bonds. The molecular weight excluding hydrogens is 232 g/mol. The molecule has 0 aliphatic heterocycles. The Morgan fingerprint density at radius 1 is 1.24 bits per heavy atom. The van der Waals surface area contributed by atoms with E-state index in [4.69, 9.17) is 5.73 Å². The maximum absolute atomic E-state index is 12.1. The van der Waals surface area contributed by atoms with Crippen molar-refractivity contribution in [1.82, 2.24) is 0 Å².